The number of para-hydroxylation sites is 1. The highest BCUT2D eigenvalue weighted by Gasteiger charge is 2.11. The van der Waals surface area contributed by atoms with E-state index in [9.17, 15) is 4.79 Å². The van der Waals surface area contributed by atoms with E-state index in [1.807, 2.05) is 65.0 Å². The van der Waals surface area contributed by atoms with Crippen molar-refractivity contribution in [2.75, 3.05) is 0 Å². The van der Waals surface area contributed by atoms with E-state index >= 15 is 0 Å². The second-order valence-corrected chi connectivity index (χ2v) is 4.66. The lowest BCUT2D eigenvalue weighted by Crippen LogP contribution is -2.28. The zero-order chi connectivity index (χ0) is 13.9. The van der Waals surface area contributed by atoms with Crippen molar-refractivity contribution in [1.29, 1.82) is 0 Å². The van der Waals surface area contributed by atoms with Crippen molar-refractivity contribution in [2.24, 2.45) is 7.05 Å². The first-order valence-electron chi connectivity index (χ1n) is 6.40. The Hall–Kier alpha value is -2.62. The Balaban J connectivity index is 0.00000161. The van der Waals surface area contributed by atoms with Crippen LogP contribution in [0.2, 0.25) is 0 Å². The average Bonchev–Trinajstić information content (AvgIpc) is 2.88. The fraction of sp³-hybridized carbons (Fsp3) is 0.176. The Morgan fingerprint density at radius 1 is 1.19 bits per heavy atom. The van der Waals surface area contributed by atoms with Crippen LogP contribution in [0.15, 0.2) is 61.1 Å². The van der Waals surface area contributed by atoms with E-state index in [2.05, 4.69) is 0 Å². The van der Waals surface area contributed by atoms with E-state index in [-0.39, 0.29) is 20.1 Å². The number of carbonyl (C=O) groups excluding carboxylic acids is 1. The summed E-state index contributed by atoms with van der Waals surface area (Å²) in [7, 11) is 1.87. The molecule has 0 saturated heterocycles. The third-order valence-electron chi connectivity index (χ3n) is 3.19. The predicted octanol–water partition coefficient (Wildman–Crippen LogP) is 2.92. The van der Waals surface area contributed by atoms with Gasteiger partial charge in [0.2, 0.25) is 0 Å². The summed E-state index contributed by atoms with van der Waals surface area (Å²) in [6, 6.07) is 13.6. The minimum absolute atomic E-state index is 0. The van der Waals surface area contributed by atoms with Gasteiger partial charge in [-0.25, -0.2) is 9.36 Å². The number of nitrogens with zero attached hydrogens (tertiary/aromatic N) is 2. The normalized spacial score (nSPS) is 10.1. The van der Waals surface area contributed by atoms with Crippen molar-refractivity contribution >= 4 is 16.9 Å². The van der Waals surface area contributed by atoms with Gasteiger partial charge in [0, 0.05) is 12.3 Å². The predicted molar refractivity (Wildman–Crippen MR) is 81.7 cm³/mol. The molecule has 0 aliphatic carbocycles. The number of fused-ring (bicyclic) bond motifs is 1. The third-order valence-corrected chi connectivity index (χ3v) is 3.19. The molecule has 0 bridgehead atoms. The van der Waals surface area contributed by atoms with Gasteiger partial charge in [-0.2, -0.15) is 0 Å². The Morgan fingerprint density at radius 2 is 2.00 bits per heavy atom. The lowest BCUT2D eigenvalue weighted by Gasteiger charge is -2.06. The Bertz CT molecular complexity index is 762. The summed E-state index contributed by atoms with van der Waals surface area (Å²) in [5.41, 5.74) is 1.60. The van der Waals surface area contributed by atoms with Gasteiger partial charge in [-0.05, 0) is 23.6 Å². The molecule has 0 radical (unpaired) electrons. The molecule has 3 rings (SSSR count). The summed E-state index contributed by atoms with van der Waals surface area (Å²) in [6.45, 7) is 0.213. The Labute approximate surface area is 124 Å². The first kappa shape index (κ1) is 14.8. The minimum atomic E-state index is -0.320. The van der Waals surface area contributed by atoms with Crippen molar-refractivity contribution in [3.05, 3.63) is 66.6 Å². The van der Waals surface area contributed by atoms with Crippen molar-refractivity contribution in [1.82, 2.24) is 4.57 Å². The average molecular weight is 283 g/mol. The van der Waals surface area contributed by atoms with E-state index in [4.69, 9.17) is 4.74 Å². The maximum absolute atomic E-state index is 12.0. The maximum atomic E-state index is 12.0. The molecule has 0 N–H and O–H groups in total. The third kappa shape index (κ3) is 3.11. The highest BCUT2D eigenvalue weighted by Crippen LogP contribution is 2.15. The summed E-state index contributed by atoms with van der Waals surface area (Å²) in [6.07, 6.45) is 5.54. The summed E-state index contributed by atoms with van der Waals surface area (Å²) >= 11 is 0. The second kappa shape index (κ2) is 6.22. The van der Waals surface area contributed by atoms with Crippen LogP contribution in [0.25, 0.3) is 10.9 Å². The number of carbonyl (C=O) groups is 1. The summed E-state index contributed by atoms with van der Waals surface area (Å²) in [5.74, 6) is -0.320. The molecule has 0 atom stereocenters. The first-order valence-corrected chi connectivity index (χ1v) is 6.40. The highest BCUT2D eigenvalue weighted by molar-refractivity contribution is 5.88. The van der Waals surface area contributed by atoms with E-state index < -0.39 is 0 Å². The fourth-order valence-corrected chi connectivity index (χ4v) is 2.17. The monoisotopic (exact) mass is 283 g/mol. The van der Waals surface area contributed by atoms with Gasteiger partial charge in [0.05, 0.1) is 5.52 Å². The SMILES string of the molecule is C.C[n+]1cccc(C(=O)OCn2ccc3ccccc32)c1. The first-order chi connectivity index (χ1) is 9.74. The number of rotatable bonds is 3. The number of ether oxygens (including phenoxy) is 1. The van der Waals surface area contributed by atoms with Crippen LogP contribution < -0.4 is 4.57 Å². The molecule has 0 spiro atoms. The molecule has 1 aromatic carbocycles. The Morgan fingerprint density at radius 3 is 2.81 bits per heavy atom. The van der Waals surface area contributed by atoms with E-state index in [1.165, 1.54) is 0 Å². The van der Waals surface area contributed by atoms with Gasteiger partial charge in [0.1, 0.15) is 12.6 Å². The van der Waals surface area contributed by atoms with E-state index in [1.54, 1.807) is 12.3 Å². The number of hydrogen-bond donors (Lipinski definition) is 0. The summed E-state index contributed by atoms with van der Waals surface area (Å²) in [5, 5.41) is 1.13. The van der Waals surface area contributed by atoms with Crippen molar-refractivity contribution in [3.8, 4) is 0 Å². The molecule has 108 valence electrons. The molecule has 4 nitrogen and oxygen atoms in total. The number of benzene rings is 1. The zero-order valence-electron chi connectivity index (χ0n) is 11.2. The number of aromatic nitrogens is 2. The second-order valence-electron chi connectivity index (χ2n) is 4.66. The van der Waals surface area contributed by atoms with Gasteiger partial charge in [0.15, 0.2) is 19.1 Å². The topological polar surface area (TPSA) is 35.1 Å². The molecule has 3 aromatic rings. The van der Waals surface area contributed by atoms with Crippen LogP contribution in [0, 0.1) is 0 Å². The fourth-order valence-electron chi connectivity index (χ4n) is 2.17. The lowest BCUT2D eigenvalue weighted by molar-refractivity contribution is -0.671. The van der Waals surface area contributed by atoms with E-state index in [0.29, 0.717) is 5.56 Å². The van der Waals surface area contributed by atoms with Crippen LogP contribution in [0.3, 0.4) is 0 Å². The van der Waals surface area contributed by atoms with Crippen LogP contribution in [-0.2, 0) is 18.5 Å². The Kier molecular flexibility index (Phi) is 4.38. The summed E-state index contributed by atoms with van der Waals surface area (Å²) < 4.78 is 9.08. The molecule has 0 unspecified atom stereocenters. The van der Waals surface area contributed by atoms with Gasteiger partial charge < -0.3 is 9.30 Å². The number of esters is 1. The number of pyridine rings is 1. The van der Waals surface area contributed by atoms with Gasteiger partial charge in [-0.15, -0.1) is 0 Å². The van der Waals surface area contributed by atoms with Gasteiger partial charge >= 0.3 is 5.97 Å². The standard InChI is InChI=1S/C16H15N2O2.CH4/c1-17-9-4-6-14(11-17)16(19)20-12-18-10-8-13-5-2-3-7-15(13)18;/h2-11H,12H2,1H3;1H4/q+1;. The number of aryl methyl sites for hydroxylation is 1. The molecule has 2 aromatic heterocycles. The van der Waals surface area contributed by atoms with Crippen molar-refractivity contribution < 1.29 is 14.1 Å². The van der Waals surface area contributed by atoms with Crippen LogP contribution in [-0.4, -0.2) is 10.5 Å². The maximum Gasteiger partial charge on any atom is 0.345 e. The molecular formula is C17H19N2O2+. The van der Waals surface area contributed by atoms with Crippen LogP contribution in [0.5, 0.6) is 0 Å². The van der Waals surface area contributed by atoms with Gasteiger partial charge in [-0.1, -0.05) is 25.6 Å². The highest BCUT2D eigenvalue weighted by atomic mass is 16.5. The lowest BCUT2D eigenvalue weighted by atomic mass is 10.2. The zero-order valence-corrected chi connectivity index (χ0v) is 11.2. The van der Waals surface area contributed by atoms with Crippen LogP contribution in [0.1, 0.15) is 17.8 Å². The molecule has 2 heterocycles. The van der Waals surface area contributed by atoms with Gasteiger partial charge in [0.25, 0.3) is 0 Å². The van der Waals surface area contributed by atoms with Crippen LogP contribution in [0.4, 0.5) is 0 Å². The van der Waals surface area contributed by atoms with Crippen molar-refractivity contribution in [3.63, 3.8) is 0 Å². The molecule has 0 fully saturated rings. The smallest absolute Gasteiger partial charge is 0.345 e. The van der Waals surface area contributed by atoms with Crippen molar-refractivity contribution in [2.45, 2.75) is 14.2 Å². The number of hydrogen-bond acceptors (Lipinski definition) is 2. The molecular weight excluding hydrogens is 264 g/mol. The molecule has 4 heteroatoms. The minimum Gasteiger partial charge on any atom is -0.440 e. The van der Waals surface area contributed by atoms with E-state index in [0.717, 1.165) is 10.9 Å². The summed E-state index contributed by atoms with van der Waals surface area (Å²) in [4.78, 5) is 12.0. The largest absolute Gasteiger partial charge is 0.440 e. The quantitative estimate of drug-likeness (QED) is 0.547. The molecule has 0 amide bonds. The molecule has 0 aliphatic rings. The van der Waals surface area contributed by atoms with Gasteiger partial charge in [-0.3, -0.25) is 0 Å². The molecule has 0 aliphatic heterocycles. The van der Waals surface area contributed by atoms with Crippen LogP contribution >= 0.6 is 0 Å². The molecule has 21 heavy (non-hydrogen) atoms. The molecule has 0 saturated carbocycles.